The average molecular weight is 452 g/mol. The van der Waals surface area contributed by atoms with Gasteiger partial charge in [-0.2, -0.15) is 0 Å². The first-order valence-corrected chi connectivity index (χ1v) is 10.5. The molecule has 30 heavy (non-hydrogen) atoms. The number of anilines is 1. The molecule has 0 bridgehead atoms. The van der Waals surface area contributed by atoms with E-state index in [1.165, 1.54) is 18.3 Å². The van der Waals surface area contributed by atoms with E-state index in [0.717, 1.165) is 0 Å². The number of hydrogen-bond acceptors (Lipinski definition) is 4. The number of nitrogens with one attached hydrogen (secondary N) is 2. The molecular formula is C21H20Cl2FN3O3. The van der Waals surface area contributed by atoms with E-state index >= 15 is 0 Å². The Kier molecular flexibility index (Phi) is 5.59. The zero-order valence-corrected chi connectivity index (χ0v) is 17.7. The molecular weight excluding hydrogens is 432 g/mol. The number of rotatable bonds is 4. The van der Waals surface area contributed by atoms with Crippen molar-refractivity contribution in [2.24, 2.45) is 0 Å². The summed E-state index contributed by atoms with van der Waals surface area (Å²) in [6.07, 6.45) is 3.47. The molecule has 1 fully saturated rings. The number of halogens is 3. The number of pyridine rings is 1. The summed E-state index contributed by atoms with van der Waals surface area (Å²) in [4.78, 5) is 29.2. The van der Waals surface area contributed by atoms with E-state index < -0.39 is 17.1 Å². The van der Waals surface area contributed by atoms with E-state index in [4.69, 9.17) is 27.9 Å². The second kappa shape index (κ2) is 8.04. The fraction of sp³-hybridized carbons (Fsp3) is 0.381. The summed E-state index contributed by atoms with van der Waals surface area (Å²) in [5, 5.41) is 6.13. The smallest absolute Gasteiger partial charge is 0.254 e. The minimum atomic E-state index is -0.804. The minimum absolute atomic E-state index is 0.0537. The molecule has 2 amide bonds. The van der Waals surface area contributed by atoms with Crippen LogP contribution in [0.15, 0.2) is 24.4 Å². The highest BCUT2D eigenvalue weighted by Crippen LogP contribution is 2.48. The van der Waals surface area contributed by atoms with Gasteiger partial charge in [-0.1, -0.05) is 23.2 Å². The van der Waals surface area contributed by atoms with E-state index in [0.29, 0.717) is 59.4 Å². The molecule has 0 unspecified atom stereocenters. The maximum absolute atomic E-state index is 14.4. The largest absolute Gasteiger partial charge is 0.473 e. The summed E-state index contributed by atoms with van der Waals surface area (Å²) < 4.78 is 20.3. The SMILES string of the molecule is CCNC(=O)c1cc2c(cc1F)NC(=O)C21CCC(Oc2ncc(Cl)cc2Cl)CC1. The van der Waals surface area contributed by atoms with Crippen LogP contribution in [0.2, 0.25) is 10.0 Å². The lowest BCUT2D eigenvalue weighted by Crippen LogP contribution is -2.41. The zero-order chi connectivity index (χ0) is 21.5. The van der Waals surface area contributed by atoms with Crippen LogP contribution in [0.1, 0.15) is 48.5 Å². The molecule has 1 aromatic carbocycles. The molecule has 1 saturated carbocycles. The Bertz CT molecular complexity index is 1020. The number of fused-ring (bicyclic) bond motifs is 2. The van der Waals surface area contributed by atoms with Crippen LogP contribution in [-0.4, -0.2) is 29.4 Å². The van der Waals surface area contributed by atoms with Gasteiger partial charge < -0.3 is 15.4 Å². The second-order valence-corrected chi connectivity index (χ2v) is 8.37. The first-order valence-electron chi connectivity index (χ1n) is 9.75. The molecule has 1 aliphatic carbocycles. The Morgan fingerprint density at radius 1 is 1.33 bits per heavy atom. The maximum Gasteiger partial charge on any atom is 0.254 e. The standard InChI is InChI=1S/C21H20Cl2FN3O3/c1-2-25-18(28)13-8-14-17(9-16(13)24)27-20(29)21(14)5-3-12(4-6-21)30-19-15(23)7-11(22)10-26-19/h7-10,12H,2-6H2,1H3,(H,25,28)(H,27,29). The van der Waals surface area contributed by atoms with Crippen LogP contribution < -0.4 is 15.4 Å². The van der Waals surface area contributed by atoms with Crippen molar-refractivity contribution in [1.29, 1.82) is 0 Å². The third kappa shape index (κ3) is 3.61. The highest BCUT2D eigenvalue weighted by Gasteiger charge is 2.49. The van der Waals surface area contributed by atoms with Gasteiger partial charge in [0.25, 0.3) is 5.91 Å². The molecule has 4 rings (SSSR count). The lowest BCUT2D eigenvalue weighted by molar-refractivity contribution is -0.122. The fourth-order valence-corrected chi connectivity index (χ4v) is 4.64. The number of ether oxygens (including phenoxy) is 1. The van der Waals surface area contributed by atoms with E-state index in [-0.39, 0.29) is 17.6 Å². The molecule has 158 valence electrons. The van der Waals surface area contributed by atoms with Gasteiger partial charge in [0.1, 0.15) is 16.9 Å². The van der Waals surface area contributed by atoms with Gasteiger partial charge in [0, 0.05) is 18.4 Å². The molecule has 2 N–H and O–H groups in total. The number of benzene rings is 1. The van der Waals surface area contributed by atoms with Crippen LogP contribution >= 0.6 is 23.2 Å². The predicted molar refractivity (Wildman–Crippen MR) is 112 cm³/mol. The average Bonchev–Trinajstić information content (AvgIpc) is 2.95. The third-order valence-electron chi connectivity index (χ3n) is 5.73. The summed E-state index contributed by atoms with van der Waals surface area (Å²) in [5.41, 5.74) is 0.229. The lowest BCUT2D eigenvalue weighted by atomic mass is 9.69. The summed E-state index contributed by atoms with van der Waals surface area (Å²) >= 11 is 12.0. The van der Waals surface area contributed by atoms with Crippen molar-refractivity contribution in [2.75, 3.05) is 11.9 Å². The van der Waals surface area contributed by atoms with Crippen molar-refractivity contribution >= 4 is 40.7 Å². The molecule has 0 radical (unpaired) electrons. The van der Waals surface area contributed by atoms with Gasteiger partial charge in [0.05, 0.1) is 16.0 Å². The Labute approximate surface area is 183 Å². The molecule has 9 heteroatoms. The Morgan fingerprint density at radius 3 is 2.73 bits per heavy atom. The number of amides is 2. The maximum atomic E-state index is 14.4. The van der Waals surface area contributed by atoms with E-state index in [2.05, 4.69) is 15.6 Å². The van der Waals surface area contributed by atoms with Gasteiger partial charge in [0.15, 0.2) is 0 Å². The molecule has 2 heterocycles. The first kappa shape index (κ1) is 20.9. The zero-order valence-electron chi connectivity index (χ0n) is 16.2. The molecule has 1 aromatic heterocycles. The van der Waals surface area contributed by atoms with Crippen LogP contribution in [0.4, 0.5) is 10.1 Å². The number of hydrogen-bond donors (Lipinski definition) is 2. The molecule has 6 nitrogen and oxygen atoms in total. The highest BCUT2D eigenvalue weighted by atomic mass is 35.5. The normalized spacial score (nSPS) is 22.5. The quantitative estimate of drug-likeness (QED) is 0.717. The first-order chi connectivity index (χ1) is 14.3. The minimum Gasteiger partial charge on any atom is -0.473 e. The number of carbonyl (C=O) groups excluding carboxylic acids is 2. The van der Waals surface area contributed by atoms with Crippen molar-refractivity contribution in [2.45, 2.75) is 44.1 Å². The Hall–Kier alpha value is -2.38. The number of aromatic nitrogens is 1. The Balaban J connectivity index is 1.56. The number of carbonyl (C=O) groups is 2. The van der Waals surface area contributed by atoms with E-state index in [1.807, 2.05) is 0 Å². The summed E-state index contributed by atoms with van der Waals surface area (Å²) in [7, 11) is 0. The van der Waals surface area contributed by atoms with Gasteiger partial charge in [-0.05, 0) is 56.4 Å². The monoisotopic (exact) mass is 451 g/mol. The van der Waals surface area contributed by atoms with Crippen molar-refractivity contribution < 1.29 is 18.7 Å². The molecule has 2 aliphatic rings. The van der Waals surface area contributed by atoms with Gasteiger partial charge in [-0.15, -0.1) is 0 Å². The lowest BCUT2D eigenvalue weighted by Gasteiger charge is -2.35. The van der Waals surface area contributed by atoms with Crippen molar-refractivity contribution in [1.82, 2.24) is 10.3 Å². The van der Waals surface area contributed by atoms with Crippen molar-refractivity contribution in [3.63, 3.8) is 0 Å². The van der Waals surface area contributed by atoms with Crippen LogP contribution in [0, 0.1) is 5.82 Å². The highest BCUT2D eigenvalue weighted by molar-refractivity contribution is 6.35. The molecule has 1 aliphatic heterocycles. The van der Waals surface area contributed by atoms with Crippen LogP contribution in [0.3, 0.4) is 0 Å². The van der Waals surface area contributed by atoms with E-state index in [1.54, 1.807) is 13.0 Å². The predicted octanol–water partition coefficient (Wildman–Crippen LogP) is 4.49. The fourth-order valence-electron chi connectivity index (χ4n) is 4.21. The van der Waals surface area contributed by atoms with Crippen molar-refractivity contribution in [3.8, 4) is 5.88 Å². The number of nitrogens with zero attached hydrogens (tertiary/aromatic N) is 1. The summed E-state index contributed by atoms with van der Waals surface area (Å²) in [6, 6.07) is 4.30. The van der Waals surface area contributed by atoms with Gasteiger partial charge in [0.2, 0.25) is 11.8 Å². The van der Waals surface area contributed by atoms with Gasteiger partial charge >= 0.3 is 0 Å². The Morgan fingerprint density at radius 2 is 2.07 bits per heavy atom. The third-order valence-corrected chi connectivity index (χ3v) is 6.20. The van der Waals surface area contributed by atoms with Crippen LogP contribution in [0.5, 0.6) is 5.88 Å². The molecule has 0 saturated heterocycles. The van der Waals surface area contributed by atoms with Gasteiger partial charge in [-0.3, -0.25) is 9.59 Å². The molecule has 2 aromatic rings. The van der Waals surface area contributed by atoms with E-state index in [9.17, 15) is 14.0 Å². The molecule has 1 spiro atoms. The second-order valence-electron chi connectivity index (χ2n) is 7.53. The summed E-state index contributed by atoms with van der Waals surface area (Å²) in [5.74, 6) is -1.02. The van der Waals surface area contributed by atoms with Crippen LogP contribution in [-0.2, 0) is 10.2 Å². The van der Waals surface area contributed by atoms with Crippen molar-refractivity contribution in [3.05, 3.63) is 51.4 Å². The molecule has 0 atom stereocenters. The summed E-state index contributed by atoms with van der Waals surface area (Å²) in [6.45, 7) is 2.15. The van der Waals surface area contributed by atoms with Crippen LogP contribution in [0.25, 0.3) is 0 Å². The topological polar surface area (TPSA) is 80.3 Å². The van der Waals surface area contributed by atoms with Gasteiger partial charge in [-0.25, -0.2) is 9.37 Å².